The number of carbonyl (C=O) groups excluding carboxylic acids is 1. The fraction of sp³-hybridized carbons (Fsp3) is 0.333. The second-order valence-electron chi connectivity index (χ2n) is 4.37. The van der Waals surface area contributed by atoms with Gasteiger partial charge in [0.15, 0.2) is 0 Å². The van der Waals surface area contributed by atoms with Crippen LogP contribution in [0.25, 0.3) is 10.9 Å². The number of carbonyl (C=O) groups is 1. The van der Waals surface area contributed by atoms with Gasteiger partial charge in [-0.25, -0.2) is 4.79 Å². The Morgan fingerprint density at radius 2 is 2.26 bits per heavy atom. The van der Waals surface area contributed by atoms with Gasteiger partial charge in [0, 0.05) is 11.6 Å². The molecular weight excluding hydrogens is 240 g/mol. The van der Waals surface area contributed by atoms with Crippen LogP contribution in [-0.4, -0.2) is 24.6 Å². The number of nitrogens with one attached hydrogen (secondary N) is 1. The molecule has 1 aromatic heterocycles. The molecule has 0 fully saturated rings. The molecule has 1 unspecified atom stereocenters. The van der Waals surface area contributed by atoms with Crippen LogP contribution in [0.4, 0.5) is 0 Å². The van der Waals surface area contributed by atoms with Gasteiger partial charge in [0.2, 0.25) is 0 Å². The first-order valence-corrected chi connectivity index (χ1v) is 6.42. The molecule has 4 nitrogen and oxygen atoms in total. The van der Waals surface area contributed by atoms with E-state index < -0.39 is 6.04 Å². The van der Waals surface area contributed by atoms with Crippen molar-refractivity contribution in [1.29, 1.82) is 0 Å². The fourth-order valence-electron chi connectivity index (χ4n) is 2.02. The third-order valence-electron chi connectivity index (χ3n) is 3.00. The van der Waals surface area contributed by atoms with Gasteiger partial charge in [-0.1, -0.05) is 19.1 Å². The number of rotatable bonds is 5. The van der Waals surface area contributed by atoms with Gasteiger partial charge in [-0.05, 0) is 36.7 Å². The number of benzene rings is 1. The maximum absolute atomic E-state index is 11.9. The van der Waals surface area contributed by atoms with Crippen molar-refractivity contribution < 1.29 is 9.53 Å². The lowest BCUT2D eigenvalue weighted by molar-refractivity contribution is -0.143. The topological polar surface area (TPSA) is 51.2 Å². The van der Waals surface area contributed by atoms with Crippen molar-refractivity contribution in [1.82, 2.24) is 10.3 Å². The summed E-state index contributed by atoms with van der Waals surface area (Å²) in [4.78, 5) is 16.1. The van der Waals surface area contributed by atoms with E-state index in [1.54, 1.807) is 6.20 Å². The van der Waals surface area contributed by atoms with Crippen LogP contribution in [-0.2, 0) is 9.53 Å². The van der Waals surface area contributed by atoms with Crippen molar-refractivity contribution in [3.8, 4) is 0 Å². The van der Waals surface area contributed by atoms with E-state index in [1.165, 1.54) is 7.11 Å². The van der Waals surface area contributed by atoms with Crippen LogP contribution >= 0.6 is 0 Å². The standard InChI is InChI=1S/C15H18N2O2/c1-3-8-17-14(15(18)19-2)12-6-7-13-11(10-12)5-4-9-16-13/h4-7,9-10,14,17H,3,8H2,1-2H3. The van der Waals surface area contributed by atoms with E-state index in [9.17, 15) is 4.79 Å². The zero-order valence-electron chi connectivity index (χ0n) is 11.2. The minimum atomic E-state index is -0.422. The highest BCUT2D eigenvalue weighted by atomic mass is 16.5. The van der Waals surface area contributed by atoms with Gasteiger partial charge in [0.1, 0.15) is 6.04 Å². The molecule has 1 atom stereocenters. The van der Waals surface area contributed by atoms with E-state index in [4.69, 9.17) is 4.74 Å². The molecule has 0 spiro atoms. The van der Waals surface area contributed by atoms with Gasteiger partial charge >= 0.3 is 5.97 Å². The molecule has 0 saturated heterocycles. The number of pyridine rings is 1. The Balaban J connectivity index is 2.34. The molecule has 4 heteroatoms. The van der Waals surface area contributed by atoms with Crippen LogP contribution < -0.4 is 5.32 Å². The van der Waals surface area contributed by atoms with E-state index in [2.05, 4.69) is 17.2 Å². The molecule has 1 heterocycles. The summed E-state index contributed by atoms with van der Waals surface area (Å²) in [5, 5.41) is 4.23. The van der Waals surface area contributed by atoms with Gasteiger partial charge in [-0.3, -0.25) is 4.98 Å². The Labute approximate surface area is 112 Å². The second kappa shape index (κ2) is 6.29. The molecule has 0 aliphatic rings. The van der Waals surface area contributed by atoms with Crippen LogP contribution in [0.2, 0.25) is 0 Å². The van der Waals surface area contributed by atoms with E-state index in [0.717, 1.165) is 29.4 Å². The Morgan fingerprint density at radius 3 is 3.00 bits per heavy atom. The lowest BCUT2D eigenvalue weighted by Gasteiger charge is -2.16. The number of aromatic nitrogens is 1. The molecule has 1 N–H and O–H groups in total. The number of esters is 1. The van der Waals surface area contributed by atoms with Crippen molar-refractivity contribution in [2.24, 2.45) is 0 Å². The molecular formula is C15H18N2O2. The Morgan fingerprint density at radius 1 is 1.42 bits per heavy atom. The third-order valence-corrected chi connectivity index (χ3v) is 3.00. The summed E-state index contributed by atoms with van der Waals surface area (Å²) < 4.78 is 4.86. The maximum Gasteiger partial charge on any atom is 0.327 e. The minimum Gasteiger partial charge on any atom is -0.468 e. The van der Waals surface area contributed by atoms with Crippen molar-refractivity contribution in [2.45, 2.75) is 19.4 Å². The highest BCUT2D eigenvalue weighted by Crippen LogP contribution is 2.20. The molecule has 19 heavy (non-hydrogen) atoms. The molecule has 0 aliphatic heterocycles. The summed E-state index contributed by atoms with van der Waals surface area (Å²) in [7, 11) is 1.41. The SMILES string of the molecule is CCCNC(C(=O)OC)c1ccc2ncccc2c1. The van der Waals surface area contributed by atoms with Gasteiger partial charge in [0.25, 0.3) is 0 Å². The van der Waals surface area contributed by atoms with E-state index in [1.807, 2.05) is 30.3 Å². The average Bonchev–Trinajstić information content (AvgIpc) is 2.47. The number of nitrogens with zero attached hydrogens (tertiary/aromatic N) is 1. The Hall–Kier alpha value is -1.94. The first kappa shape index (κ1) is 13.5. The predicted molar refractivity (Wildman–Crippen MR) is 74.8 cm³/mol. The summed E-state index contributed by atoms with van der Waals surface area (Å²) in [6, 6.07) is 9.27. The van der Waals surface area contributed by atoms with Gasteiger partial charge < -0.3 is 10.1 Å². The fourth-order valence-corrected chi connectivity index (χ4v) is 2.02. The highest BCUT2D eigenvalue weighted by Gasteiger charge is 2.20. The lowest BCUT2D eigenvalue weighted by Crippen LogP contribution is -2.30. The molecule has 0 amide bonds. The van der Waals surface area contributed by atoms with Crippen molar-refractivity contribution in [3.05, 3.63) is 42.1 Å². The quantitative estimate of drug-likeness (QED) is 0.837. The summed E-state index contributed by atoms with van der Waals surface area (Å²) in [5.41, 5.74) is 1.83. The van der Waals surface area contributed by atoms with Gasteiger partial charge in [0.05, 0.1) is 12.6 Å². The van der Waals surface area contributed by atoms with Crippen LogP contribution in [0, 0.1) is 0 Å². The van der Waals surface area contributed by atoms with E-state index in [0.29, 0.717) is 0 Å². The predicted octanol–water partition coefficient (Wildman–Crippen LogP) is 2.45. The Kier molecular flexibility index (Phi) is 4.47. The molecule has 100 valence electrons. The molecule has 0 radical (unpaired) electrons. The van der Waals surface area contributed by atoms with Crippen LogP contribution in [0.3, 0.4) is 0 Å². The molecule has 0 bridgehead atoms. The van der Waals surface area contributed by atoms with Crippen molar-refractivity contribution in [2.75, 3.05) is 13.7 Å². The maximum atomic E-state index is 11.9. The van der Waals surface area contributed by atoms with Crippen LogP contribution in [0.15, 0.2) is 36.5 Å². The summed E-state index contributed by atoms with van der Waals surface area (Å²) >= 11 is 0. The molecule has 0 saturated carbocycles. The average molecular weight is 258 g/mol. The number of hydrogen-bond donors (Lipinski definition) is 1. The smallest absolute Gasteiger partial charge is 0.327 e. The van der Waals surface area contributed by atoms with E-state index in [-0.39, 0.29) is 5.97 Å². The molecule has 2 aromatic rings. The number of fused-ring (bicyclic) bond motifs is 1. The molecule has 2 rings (SSSR count). The van der Waals surface area contributed by atoms with Crippen LogP contribution in [0.1, 0.15) is 24.9 Å². The van der Waals surface area contributed by atoms with E-state index >= 15 is 0 Å². The summed E-state index contributed by atoms with van der Waals surface area (Å²) in [5.74, 6) is -0.267. The monoisotopic (exact) mass is 258 g/mol. The highest BCUT2D eigenvalue weighted by molar-refractivity contribution is 5.83. The summed E-state index contributed by atoms with van der Waals surface area (Å²) in [6.07, 6.45) is 2.72. The number of hydrogen-bond acceptors (Lipinski definition) is 4. The van der Waals surface area contributed by atoms with Gasteiger partial charge in [-0.15, -0.1) is 0 Å². The molecule has 1 aromatic carbocycles. The third kappa shape index (κ3) is 3.09. The zero-order valence-corrected chi connectivity index (χ0v) is 11.2. The zero-order chi connectivity index (χ0) is 13.7. The Bertz CT molecular complexity index is 569. The molecule has 0 aliphatic carbocycles. The number of ether oxygens (including phenoxy) is 1. The number of methoxy groups -OCH3 is 1. The first-order valence-electron chi connectivity index (χ1n) is 6.42. The largest absolute Gasteiger partial charge is 0.468 e. The second-order valence-corrected chi connectivity index (χ2v) is 4.37. The minimum absolute atomic E-state index is 0.267. The van der Waals surface area contributed by atoms with Crippen LogP contribution in [0.5, 0.6) is 0 Å². The normalized spacial score (nSPS) is 12.3. The van der Waals surface area contributed by atoms with Crippen molar-refractivity contribution in [3.63, 3.8) is 0 Å². The lowest BCUT2D eigenvalue weighted by atomic mass is 10.0. The first-order chi connectivity index (χ1) is 9.26. The summed E-state index contributed by atoms with van der Waals surface area (Å²) in [6.45, 7) is 2.83. The van der Waals surface area contributed by atoms with Gasteiger partial charge in [-0.2, -0.15) is 0 Å². The van der Waals surface area contributed by atoms with Crippen molar-refractivity contribution >= 4 is 16.9 Å².